The van der Waals surface area contributed by atoms with Gasteiger partial charge in [0, 0.05) is 11.3 Å². The first kappa shape index (κ1) is 13.6. The summed E-state index contributed by atoms with van der Waals surface area (Å²) in [5.74, 6) is 0.231. The minimum Gasteiger partial charge on any atom is -0.507 e. The van der Waals surface area contributed by atoms with E-state index in [0.717, 1.165) is 27.0 Å². The van der Waals surface area contributed by atoms with Crippen LogP contribution in [0.25, 0.3) is 11.3 Å². The lowest BCUT2D eigenvalue weighted by molar-refractivity contribution is 0.474. The van der Waals surface area contributed by atoms with Crippen LogP contribution in [0.2, 0.25) is 0 Å². The predicted molar refractivity (Wildman–Crippen MR) is 81.8 cm³/mol. The van der Waals surface area contributed by atoms with E-state index >= 15 is 0 Å². The maximum atomic E-state index is 9.80. The summed E-state index contributed by atoms with van der Waals surface area (Å²) in [7, 11) is 0. The number of rotatable bonds is 3. The Morgan fingerprint density at radius 2 is 2.11 bits per heavy atom. The fraction of sp³-hybridized carbons (Fsp3) is 0.133. The van der Waals surface area contributed by atoms with Gasteiger partial charge in [0.05, 0.1) is 16.4 Å². The molecule has 0 aliphatic heterocycles. The fourth-order valence-electron chi connectivity index (χ4n) is 1.88. The molecule has 98 valence electrons. The van der Waals surface area contributed by atoms with E-state index in [4.69, 9.17) is 0 Å². The van der Waals surface area contributed by atoms with Crippen LogP contribution in [0.1, 0.15) is 18.2 Å². The monoisotopic (exact) mass is 318 g/mol. The second kappa shape index (κ2) is 5.45. The molecule has 0 saturated heterocycles. The summed E-state index contributed by atoms with van der Waals surface area (Å²) in [5.41, 5.74) is 3.45. The van der Waals surface area contributed by atoms with E-state index in [1.54, 1.807) is 18.3 Å². The van der Waals surface area contributed by atoms with Crippen molar-refractivity contribution >= 4 is 27.2 Å². The zero-order valence-corrected chi connectivity index (χ0v) is 12.5. The van der Waals surface area contributed by atoms with E-state index in [2.05, 4.69) is 27.6 Å². The molecule has 1 aromatic heterocycles. The number of aromatic hydroxyl groups is 1. The van der Waals surface area contributed by atoms with E-state index in [-0.39, 0.29) is 5.75 Å². The highest BCUT2D eigenvalue weighted by atomic mass is 79.9. The van der Waals surface area contributed by atoms with Gasteiger partial charge in [0.15, 0.2) is 0 Å². The minimum atomic E-state index is 0.231. The van der Waals surface area contributed by atoms with Gasteiger partial charge in [-0.15, -0.1) is 0 Å². The molecule has 4 heteroatoms. The van der Waals surface area contributed by atoms with Crippen molar-refractivity contribution in [3.63, 3.8) is 0 Å². The van der Waals surface area contributed by atoms with Gasteiger partial charge >= 0.3 is 0 Å². The van der Waals surface area contributed by atoms with Crippen molar-refractivity contribution in [3.05, 3.63) is 58.8 Å². The summed E-state index contributed by atoms with van der Waals surface area (Å²) >= 11 is 3.43. The second-order valence-electron chi connectivity index (χ2n) is 4.32. The smallest absolute Gasteiger partial charge is 0.123 e. The molecular weight excluding hydrogens is 304 g/mol. The summed E-state index contributed by atoms with van der Waals surface area (Å²) in [6.07, 6.45) is 3.66. The van der Waals surface area contributed by atoms with Gasteiger partial charge in [0.2, 0.25) is 0 Å². The second-order valence-corrected chi connectivity index (χ2v) is 5.17. The molecule has 0 aliphatic rings. The Hall–Kier alpha value is -1.81. The largest absolute Gasteiger partial charge is 0.507 e. The average molecular weight is 319 g/mol. The van der Waals surface area contributed by atoms with Gasteiger partial charge in [0.25, 0.3) is 0 Å². The van der Waals surface area contributed by atoms with Crippen molar-refractivity contribution in [2.75, 3.05) is 0 Å². The Morgan fingerprint density at radius 3 is 2.68 bits per heavy atom. The quantitative estimate of drug-likeness (QED) is 0.860. The number of aromatic nitrogens is 2. The average Bonchev–Trinajstić information content (AvgIpc) is 2.70. The number of hydrogen-bond acceptors (Lipinski definition) is 2. The molecule has 0 spiro atoms. The van der Waals surface area contributed by atoms with Gasteiger partial charge in [-0.1, -0.05) is 24.8 Å². The molecule has 1 aromatic carbocycles. The third kappa shape index (κ3) is 2.79. The molecule has 3 nitrogen and oxygen atoms in total. The highest BCUT2D eigenvalue weighted by molar-refractivity contribution is 9.10. The van der Waals surface area contributed by atoms with Crippen LogP contribution in [0.4, 0.5) is 0 Å². The molecule has 19 heavy (non-hydrogen) atoms. The molecule has 0 fully saturated rings. The Bertz CT molecular complexity index is 656. The van der Waals surface area contributed by atoms with E-state index in [1.165, 1.54) is 0 Å². The van der Waals surface area contributed by atoms with Crippen LogP contribution in [0.3, 0.4) is 0 Å². The zero-order valence-electron chi connectivity index (χ0n) is 10.9. The standard InChI is InChI=1S/C15H15BrN2O/c1-10(13-6-4-5-7-15(13)19)8-11(2)18-12(3)14(16)9-17-18/h4-9,19H,1H2,2-3H3/b11-8-. The molecule has 0 radical (unpaired) electrons. The number of allylic oxidation sites excluding steroid dienone is 3. The lowest BCUT2D eigenvalue weighted by Gasteiger charge is -2.08. The maximum absolute atomic E-state index is 9.80. The molecule has 2 rings (SSSR count). The third-order valence-electron chi connectivity index (χ3n) is 2.92. The van der Waals surface area contributed by atoms with Crippen molar-refractivity contribution in [2.24, 2.45) is 0 Å². The van der Waals surface area contributed by atoms with Gasteiger partial charge in [-0.2, -0.15) is 5.10 Å². The van der Waals surface area contributed by atoms with Crippen LogP contribution in [-0.4, -0.2) is 14.9 Å². The summed E-state index contributed by atoms with van der Waals surface area (Å²) in [5, 5.41) is 14.1. The summed E-state index contributed by atoms with van der Waals surface area (Å²) in [6, 6.07) is 7.16. The molecule has 0 unspecified atom stereocenters. The first-order valence-electron chi connectivity index (χ1n) is 5.86. The SMILES string of the molecule is C=C(/C=C(/C)n1ncc(Br)c1C)c1ccccc1O. The van der Waals surface area contributed by atoms with Crippen LogP contribution in [0, 0.1) is 6.92 Å². The summed E-state index contributed by atoms with van der Waals surface area (Å²) < 4.78 is 2.79. The third-order valence-corrected chi connectivity index (χ3v) is 3.70. The van der Waals surface area contributed by atoms with Crippen molar-refractivity contribution in [2.45, 2.75) is 13.8 Å². The Labute approximate surface area is 121 Å². The molecule has 0 saturated carbocycles. The van der Waals surface area contributed by atoms with Crippen LogP contribution in [0.15, 0.2) is 47.6 Å². The molecule has 0 atom stereocenters. The predicted octanol–water partition coefficient (Wildman–Crippen LogP) is 4.23. The minimum absolute atomic E-state index is 0.231. The lowest BCUT2D eigenvalue weighted by Crippen LogP contribution is -1.98. The zero-order chi connectivity index (χ0) is 14.0. The number of para-hydroxylation sites is 1. The summed E-state index contributed by atoms with van der Waals surface area (Å²) in [6.45, 7) is 7.94. The molecule has 1 N–H and O–H groups in total. The molecule has 2 aromatic rings. The van der Waals surface area contributed by atoms with E-state index in [0.29, 0.717) is 0 Å². The summed E-state index contributed by atoms with van der Waals surface area (Å²) in [4.78, 5) is 0. The Morgan fingerprint density at radius 1 is 1.42 bits per heavy atom. The first-order valence-corrected chi connectivity index (χ1v) is 6.66. The number of nitrogens with zero attached hydrogens (tertiary/aromatic N) is 2. The molecular formula is C15H15BrN2O. The van der Waals surface area contributed by atoms with E-state index in [9.17, 15) is 5.11 Å². The highest BCUT2D eigenvalue weighted by Gasteiger charge is 2.07. The van der Waals surface area contributed by atoms with Gasteiger partial charge in [-0.25, -0.2) is 4.68 Å². The normalized spacial score (nSPS) is 11.6. The molecule has 0 bridgehead atoms. The number of halogens is 1. The van der Waals surface area contributed by atoms with E-state index in [1.807, 2.05) is 36.7 Å². The number of benzene rings is 1. The number of hydrogen-bond donors (Lipinski definition) is 1. The number of phenolic OH excluding ortho intramolecular Hbond substituents is 1. The topological polar surface area (TPSA) is 38.0 Å². The Kier molecular flexibility index (Phi) is 3.90. The highest BCUT2D eigenvalue weighted by Crippen LogP contribution is 2.26. The molecule has 1 heterocycles. The molecule has 0 amide bonds. The van der Waals surface area contributed by atoms with Crippen LogP contribution in [0.5, 0.6) is 5.75 Å². The number of phenols is 1. The lowest BCUT2D eigenvalue weighted by atomic mass is 10.1. The Balaban J connectivity index is 2.34. The van der Waals surface area contributed by atoms with Crippen LogP contribution >= 0.6 is 15.9 Å². The van der Waals surface area contributed by atoms with Crippen LogP contribution in [-0.2, 0) is 0 Å². The van der Waals surface area contributed by atoms with Crippen LogP contribution < -0.4 is 0 Å². The van der Waals surface area contributed by atoms with Crippen molar-refractivity contribution < 1.29 is 5.11 Å². The fourth-order valence-corrected chi connectivity index (χ4v) is 2.14. The molecule has 0 aliphatic carbocycles. The van der Waals surface area contributed by atoms with Crippen molar-refractivity contribution in [3.8, 4) is 5.75 Å². The van der Waals surface area contributed by atoms with Crippen molar-refractivity contribution in [1.82, 2.24) is 9.78 Å². The van der Waals surface area contributed by atoms with Gasteiger partial charge in [-0.3, -0.25) is 0 Å². The van der Waals surface area contributed by atoms with Gasteiger partial charge in [0.1, 0.15) is 5.75 Å². The van der Waals surface area contributed by atoms with E-state index < -0.39 is 0 Å². The van der Waals surface area contributed by atoms with Gasteiger partial charge in [-0.05, 0) is 47.5 Å². The maximum Gasteiger partial charge on any atom is 0.123 e. The first-order chi connectivity index (χ1) is 9.00. The van der Waals surface area contributed by atoms with Gasteiger partial charge < -0.3 is 5.11 Å². The van der Waals surface area contributed by atoms with Crippen molar-refractivity contribution in [1.29, 1.82) is 0 Å².